The molecule has 5 aromatic rings. The second-order valence-electron chi connectivity index (χ2n) is 9.39. The lowest BCUT2D eigenvalue weighted by molar-refractivity contribution is -0.604. The van der Waals surface area contributed by atoms with Crippen molar-refractivity contribution < 1.29 is 4.57 Å². The summed E-state index contributed by atoms with van der Waals surface area (Å²) in [7, 11) is 0. The minimum Gasteiger partial charge on any atom is -0.160 e. The van der Waals surface area contributed by atoms with Crippen molar-refractivity contribution in [2.45, 2.75) is 26.7 Å². The van der Waals surface area contributed by atoms with E-state index >= 15 is 0 Å². The molecule has 0 atom stereocenters. The highest BCUT2D eigenvalue weighted by Crippen LogP contribution is 2.47. The van der Waals surface area contributed by atoms with Gasteiger partial charge in [-0.1, -0.05) is 71.8 Å². The zero-order chi connectivity index (χ0) is 21.4. The van der Waals surface area contributed by atoms with Crippen molar-refractivity contribution in [3.8, 4) is 27.9 Å². The monoisotopic (exact) mass is 410 g/mol. The first-order chi connectivity index (χ1) is 15.7. The van der Waals surface area contributed by atoms with Crippen molar-refractivity contribution in [2.24, 2.45) is 0 Å². The predicted molar refractivity (Wildman–Crippen MR) is 131 cm³/mol. The number of pyridine rings is 1. The maximum absolute atomic E-state index is 2.53. The zero-order valence-electron chi connectivity index (χ0n) is 18.4. The average molecular weight is 411 g/mol. The van der Waals surface area contributed by atoms with E-state index in [2.05, 4.69) is 103 Å². The Morgan fingerprint density at radius 3 is 2.31 bits per heavy atom. The number of aryl methyl sites for hydroxylation is 2. The van der Waals surface area contributed by atoms with Crippen molar-refractivity contribution in [1.82, 2.24) is 0 Å². The maximum Gasteiger partial charge on any atom is 0.214 e. The minimum atomic E-state index is 0.982. The Morgan fingerprint density at radius 2 is 1.44 bits per heavy atom. The summed E-state index contributed by atoms with van der Waals surface area (Å²) in [5.41, 5.74) is 15.2. The minimum absolute atomic E-state index is 0.982. The summed E-state index contributed by atoms with van der Waals surface area (Å²) in [4.78, 5) is 0. The first-order valence-corrected chi connectivity index (χ1v) is 11.5. The Hall–Kier alpha value is -3.71. The molecule has 1 aliphatic carbocycles. The van der Waals surface area contributed by atoms with Crippen molar-refractivity contribution in [1.29, 1.82) is 0 Å². The lowest BCUT2D eigenvalue weighted by atomic mass is 9.88. The number of fused-ring (bicyclic) bond motifs is 8. The second kappa shape index (κ2) is 6.40. The van der Waals surface area contributed by atoms with E-state index < -0.39 is 0 Å². The third-order valence-corrected chi connectivity index (χ3v) is 7.18. The van der Waals surface area contributed by atoms with Gasteiger partial charge in [-0.2, -0.15) is 4.57 Å². The molecule has 0 bridgehead atoms. The topological polar surface area (TPSA) is 3.88 Å². The van der Waals surface area contributed by atoms with E-state index in [4.69, 9.17) is 0 Å². The summed E-state index contributed by atoms with van der Waals surface area (Å²) in [6.45, 7) is 4.41. The molecule has 0 amide bonds. The molecule has 0 radical (unpaired) electrons. The predicted octanol–water partition coefficient (Wildman–Crippen LogP) is 6.88. The van der Waals surface area contributed by atoms with Gasteiger partial charge in [0, 0.05) is 23.3 Å². The number of hydrogen-bond acceptors (Lipinski definition) is 0. The Morgan fingerprint density at radius 1 is 0.656 bits per heavy atom. The first kappa shape index (κ1) is 17.9. The summed E-state index contributed by atoms with van der Waals surface area (Å²) >= 11 is 0. The van der Waals surface area contributed by atoms with Crippen LogP contribution in [0.2, 0.25) is 0 Å². The fourth-order valence-corrected chi connectivity index (χ4v) is 6.01. The molecule has 0 fully saturated rings. The van der Waals surface area contributed by atoms with Gasteiger partial charge in [0.2, 0.25) is 5.69 Å². The molecule has 0 N–H and O–H groups in total. The van der Waals surface area contributed by atoms with Crippen LogP contribution in [-0.4, -0.2) is 0 Å². The van der Waals surface area contributed by atoms with Crippen LogP contribution in [0.25, 0.3) is 38.7 Å². The second-order valence-corrected chi connectivity index (χ2v) is 9.39. The maximum atomic E-state index is 2.53. The van der Waals surface area contributed by atoms with Crippen molar-refractivity contribution in [3.05, 3.63) is 119 Å². The summed E-state index contributed by atoms with van der Waals surface area (Å²) in [5, 5.41) is 2.67. The van der Waals surface area contributed by atoms with E-state index in [0.29, 0.717) is 0 Å². The molecule has 2 heterocycles. The van der Waals surface area contributed by atoms with Crippen molar-refractivity contribution in [3.63, 3.8) is 0 Å². The fraction of sp³-hybridized carbons (Fsp3) is 0.129. The molecule has 1 nitrogen and oxygen atoms in total. The SMILES string of the molecule is Cc1cc(C)cc(-c2c3c(cc4ccccc24)Cc2c-3ccc3[n+]2-c2ccccc2C3)c1. The smallest absolute Gasteiger partial charge is 0.160 e. The fourth-order valence-electron chi connectivity index (χ4n) is 6.01. The molecular formula is C31H24N+. The summed E-state index contributed by atoms with van der Waals surface area (Å²) in [6, 6.07) is 31.8. The van der Waals surface area contributed by atoms with Crippen molar-refractivity contribution >= 4 is 10.8 Å². The number of benzene rings is 4. The molecule has 7 rings (SSSR count). The Balaban J connectivity index is 1.58. The van der Waals surface area contributed by atoms with E-state index in [9.17, 15) is 0 Å². The summed E-state index contributed by atoms with van der Waals surface area (Å²) in [6.07, 6.45) is 2.00. The average Bonchev–Trinajstić information content (AvgIpc) is 3.34. The third-order valence-electron chi connectivity index (χ3n) is 7.18. The number of rotatable bonds is 1. The number of aromatic nitrogens is 1. The summed E-state index contributed by atoms with van der Waals surface area (Å²) < 4.78 is 2.53. The Kier molecular flexibility index (Phi) is 3.58. The molecule has 4 aromatic carbocycles. The largest absolute Gasteiger partial charge is 0.214 e. The molecule has 32 heavy (non-hydrogen) atoms. The van der Waals surface area contributed by atoms with E-state index in [1.807, 2.05) is 0 Å². The molecule has 0 saturated heterocycles. The van der Waals surface area contributed by atoms with Gasteiger partial charge in [0.15, 0.2) is 11.4 Å². The number of para-hydroxylation sites is 1. The van der Waals surface area contributed by atoms with E-state index in [1.165, 1.54) is 72.4 Å². The molecule has 0 saturated carbocycles. The Bertz CT molecular complexity index is 1570. The molecule has 1 aromatic heterocycles. The third kappa shape index (κ3) is 2.42. The van der Waals surface area contributed by atoms with E-state index in [1.54, 1.807) is 0 Å². The normalized spacial score (nSPS) is 13.1. The van der Waals surface area contributed by atoms with Gasteiger partial charge in [-0.05, 0) is 53.4 Å². The highest BCUT2D eigenvalue weighted by atomic mass is 15.0. The highest BCUT2D eigenvalue weighted by Gasteiger charge is 2.37. The first-order valence-electron chi connectivity index (χ1n) is 11.5. The van der Waals surface area contributed by atoms with Crippen LogP contribution in [0.5, 0.6) is 0 Å². The zero-order valence-corrected chi connectivity index (χ0v) is 18.4. The van der Waals surface area contributed by atoms with Crippen molar-refractivity contribution in [2.75, 3.05) is 0 Å². The molecular weight excluding hydrogens is 386 g/mol. The van der Waals surface area contributed by atoms with Crippen LogP contribution in [-0.2, 0) is 12.8 Å². The van der Waals surface area contributed by atoms with Gasteiger partial charge >= 0.3 is 0 Å². The standard InChI is InChI=1S/C31H24N/c1-19-13-20(2)15-23(14-19)30-26-9-5-3-7-21(26)16-24-18-29-27(31(24)30)12-11-25-17-22-8-4-6-10-28(22)32(25)29/h3-16H,17-18H2,1-2H3/q+1. The molecule has 0 unspecified atom stereocenters. The van der Waals surface area contributed by atoms with Crippen LogP contribution in [0.15, 0.2) is 84.9 Å². The molecule has 1 aliphatic heterocycles. The molecule has 1 heteroatoms. The van der Waals surface area contributed by atoms with Crippen LogP contribution < -0.4 is 4.57 Å². The van der Waals surface area contributed by atoms with Gasteiger partial charge in [-0.3, -0.25) is 0 Å². The highest BCUT2D eigenvalue weighted by molar-refractivity contribution is 6.07. The lowest BCUT2D eigenvalue weighted by Gasteiger charge is -2.15. The van der Waals surface area contributed by atoms with Gasteiger partial charge < -0.3 is 0 Å². The molecule has 0 spiro atoms. The van der Waals surface area contributed by atoms with Gasteiger partial charge in [0.25, 0.3) is 0 Å². The lowest BCUT2D eigenvalue weighted by Crippen LogP contribution is -2.36. The van der Waals surface area contributed by atoms with Gasteiger partial charge in [0.1, 0.15) is 0 Å². The van der Waals surface area contributed by atoms with Gasteiger partial charge in [0.05, 0.1) is 18.4 Å². The quantitative estimate of drug-likeness (QED) is 0.260. The van der Waals surface area contributed by atoms with Crippen LogP contribution in [0.3, 0.4) is 0 Å². The van der Waals surface area contributed by atoms with Crippen LogP contribution in [0.4, 0.5) is 0 Å². The van der Waals surface area contributed by atoms with E-state index in [-0.39, 0.29) is 0 Å². The van der Waals surface area contributed by atoms with E-state index in [0.717, 1.165) is 12.8 Å². The molecule has 152 valence electrons. The molecule has 2 aliphatic rings. The summed E-state index contributed by atoms with van der Waals surface area (Å²) in [5.74, 6) is 0. The van der Waals surface area contributed by atoms with Crippen LogP contribution >= 0.6 is 0 Å². The van der Waals surface area contributed by atoms with Crippen LogP contribution in [0.1, 0.15) is 33.6 Å². The number of nitrogens with zero attached hydrogens (tertiary/aromatic N) is 1. The van der Waals surface area contributed by atoms with Gasteiger partial charge in [-0.15, -0.1) is 0 Å². The number of hydrogen-bond donors (Lipinski definition) is 0. The van der Waals surface area contributed by atoms with Crippen LogP contribution in [0, 0.1) is 13.8 Å². The van der Waals surface area contributed by atoms with Gasteiger partial charge in [-0.25, -0.2) is 0 Å². The Labute approximate surface area is 188 Å².